The zero-order chi connectivity index (χ0) is 13.8. The largest absolute Gasteiger partial charge is 0.389 e. The Hall–Kier alpha value is -1.66. The second-order valence-corrected chi connectivity index (χ2v) is 4.91. The van der Waals surface area contributed by atoms with E-state index in [2.05, 4.69) is 15.5 Å². The standard InChI is InChI=1S/C12H14ClN5S/c1-18-7-16-17-10(18)5-6-15-9-4-2-3-8(13)11(9)12(14)19/h2-4,7,15H,5-6H2,1H3,(H2,14,19). The molecule has 2 rings (SSSR count). The molecule has 2 aromatic rings. The average Bonchev–Trinajstić information content (AvgIpc) is 2.75. The number of aromatic nitrogens is 3. The van der Waals surface area contributed by atoms with Gasteiger partial charge in [-0.3, -0.25) is 0 Å². The maximum Gasteiger partial charge on any atom is 0.134 e. The normalized spacial score (nSPS) is 10.4. The fourth-order valence-electron chi connectivity index (χ4n) is 1.76. The Kier molecular flexibility index (Phi) is 4.34. The van der Waals surface area contributed by atoms with Gasteiger partial charge in [-0.25, -0.2) is 0 Å². The third-order valence-corrected chi connectivity index (χ3v) is 3.25. The lowest BCUT2D eigenvalue weighted by Gasteiger charge is -2.12. The average molecular weight is 296 g/mol. The summed E-state index contributed by atoms with van der Waals surface area (Å²) in [6, 6.07) is 5.52. The Labute approximate surface area is 121 Å². The van der Waals surface area contributed by atoms with Crippen LogP contribution in [0.2, 0.25) is 5.02 Å². The van der Waals surface area contributed by atoms with E-state index in [1.165, 1.54) is 0 Å². The number of anilines is 1. The van der Waals surface area contributed by atoms with Gasteiger partial charge in [0.05, 0.1) is 10.6 Å². The van der Waals surface area contributed by atoms with Gasteiger partial charge in [-0.15, -0.1) is 10.2 Å². The van der Waals surface area contributed by atoms with Crippen LogP contribution in [-0.2, 0) is 13.5 Å². The Bertz CT molecular complexity index is 596. The second-order valence-electron chi connectivity index (χ2n) is 4.06. The number of hydrogen-bond acceptors (Lipinski definition) is 4. The molecule has 5 nitrogen and oxygen atoms in total. The molecule has 0 aliphatic carbocycles. The van der Waals surface area contributed by atoms with Gasteiger partial charge >= 0.3 is 0 Å². The summed E-state index contributed by atoms with van der Waals surface area (Å²) < 4.78 is 1.88. The van der Waals surface area contributed by atoms with E-state index < -0.39 is 0 Å². The molecule has 0 saturated carbocycles. The molecule has 0 aliphatic rings. The van der Waals surface area contributed by atoms with Crippen LogP contribution in [0, 0.1) is 0 Å². The SMILES string of the molecule is Cn1cnnc1CCNc1cccc(Cl)c1C(N)=S. The minimum absolute atomic E-state index is 0.284. The molecule has 0 bridgehead atoms. The Balaban J connectivity index is 2.06. The summed E-state index contributed by atoms with van der Waals surface area (Å²) in [5, 5.41) is 11.7. The second kappa shape index (κ2) is 5.99. The van der Waals surface area contributed by atoms with E-state index in [0.29, 0.717) is 17.1 Å². The highest BCUT2D eigenvalue weighted by Crippen LogP contribution is 2.24. The molecule has 0 amide bonds. The number of benzene rings is 1. The van der Waals surface area contributed by atoms with Crippen LogP contribution in [0.1, 0.15) is 11.4 Å². The van der Waals surface area contributed by atoms with E-state index in [4.69, 9.17) is 29.6 Å². The predicted molar refractivity (Wildman–Crippen MR) is 80.5 cm³/mol. The lowest BCUT2D eigenvalue weighted by Crippen LogP contribution is -2.15. The molecule has 1 heterocycles. The number of nitrogens with zero attached hydrogens (tertiary/aromatic N) is 3. The van der Waals surface area contributed by atoms with Crippen molar-refractivity contribution in [1.29, 1.82) is 0 Å². The van der Waals surface area contributed by atoms with Gasteiger partial charge in [-0.2, -0.15) is 0 Å². The van der Waals surface area contributed by atoms with Crippen LogP contribution in [0.3, 0.4) is 0 Å². The predicted octanol–water partition coefficient (Wildman–Crippen LogP) is 1.76. The lowest BCUT2D eigenvalue weighted by molar-refractivity contribution is 0.788. The molecular formula is C12H14ClN5S. The van der Waals surface area contributed by atoms with Gasteiger partial charge in [0.15, 0.2) is 0 Å². The van der Waals surface area contributed by atoms with Crippen molar-refractivity contribution >= 4 is 34.5 Å². The summed E-state index contributed by atoms with van der Waals surface area (Å²) in [6.07, 6.45) is 2.43. The van der Waals surface area contributed by atoms with Gasteiger partial charge in [0.1, 0.15) is 17.1 Å². The first-order chi connectivity index (χ1) is 9.09. The van der Waals surface area contributed by atoms with Crippen LogP contribution >= 0.6 is 23.8 Å². The molecule has 0 fully saturated rings. The van der Waals surface area contributed by atoms with Crippen LogP contribution in [0.15, 0.2) is 24.5 Å². The van der Waals surface area contributed by atoms with Crippen molar-refractivity contribution in [2.24, 2.45) is 12.8 Å². The zero-order valence-electron chi connectivity index (χ0n) is 10.4. The van der Waals surface area contributed by atoms with Crippen molar-refractivity contribution in [2.75, 3.05) is 11.9 Å². The number of rotatable bonds is 5. The molecule has 1 aromatic carbocycles. The van der Waals surface area contributed by atoms with Crippen molar-refractivity contribution in [3.05, 3.63) is 40.9 Å². The number of nitrogens with one attached hydrogen (secondary N) is 1. The zero-order valence-corrected chi connectivity index (χ0v) is 12.0. The van der Waals surface area contributed by atoms with Crippen molar-refractivity contribution in [2.45, 2.75) is 6.42 Å². The molecule has 0 radical (unpaired) electrons. The van der Waals surface area contributed by atoms with E-state index in [0.717, 1.165) is 17.9 Å². The molecule has 7 heteroatoms. The molecule has 0 atom stereocenters. The highest BCUT2D eigenvalue weighted by Gasteiger charge is 2.09. The van der Waals surface area contributed by atoms with Crippen molar-refractivity contribution in [3.63, 3.8) is 0 Å². The molecule has 3 N–H and O–H groups in total. The van der Waals surface area contributed by atoms with Gasteiger partial charge < -0.3 is 15.6 Å². The van der Waals surface area contributed by atoms with Crippen LogP contribution < -0.4 is 11.1 Å². The number of thiocarbonyl (C=S) groups is 1. The third kappa shape index (κ3) is 3.21. The number of nitrogens with two attached hydrogens (primary N) is 1. The highest BCUT2D eigenvalue weighted by atomic mass is 35.5. The number of hydrogen-bond donors (Lipinski definition) is 2. The van der Waals surface area contributed by atoms with Crippen molar-refractivity contribution in [1.82, 2.24) is 14.8 Å². The van der Waals surface area contributed by atoms with Gasteiger partial charge in [-0.1, -0.05) is 29.9 Å². The number of aryl methyl sites for hydroxylation is 1. The van der Waals surface area contributed by atoms with Crippen LogP contribution in [0.25, 0.3) is 0 Å². The van der Waals surface area contributed by atoms with Gasteiger partial charge in [0, 0.05) is 25.7 Å². The smallest absolute Gasteiger partial charge is 0.134 e. The Morgan fingerprint density at radius 2 is 2.32 bits per heavy atom. The van der Waals surface area contributed by atoms with Crippen LogP contribution in [0.4, 0.5) is 5.69 Å². The molecule has 0 aliphatic heterocycles. The van der Waals surface area contributed by atoms with Crippen molar-refractivity contribution in [3.8, 4) is 0 Å². The van der Waals surface area contributed by atoms with E-state index in [1.807, 2.05) is 23.7 Å². The summed E-state index contributed by atoms with van der Waals surface area (Å²) >= 11 is 11.1. The quantitative estimate of drug-likeness (QED) is 0.823. The molecule has 19 heavy (non-hydrogen) atoms. The topological polar surface area (TPSA) is 68.8 Å². The fraction of sp³-hybridized carbons (Fsp3) is 0.250. The van der Waals surface area contributed by atoms with E-state index in [9.17, 15) is 0 Å². The minimum Gasteiger partial charge on any atom is -0.389 e. The Morgan fingerprint density at radius 1 is 1.53 bits per heavy atom. The lowest BCUT2D eigenvalue weighted by atomic mass is 10.1. The monoisotopic (exact) mass is 295 g/mol. The maximum atomic E-state index is 6.09. The summed E-state index contributed by atoms with van der Waals surface area (Å²) in [7, 11) is 1.91. The molecule has 0 unspecified atom stereocenters. The van der Waals surface area contributed by atoms with Crippen LogP contribution in [-0.4, -0.2) is 26.3 Å². The van der Waals surface area contributed by atoms with Crippen LogP contribution in [0.5, 0.6) is 0 Å². The van der Waals surface area contributed by atoms with E-state index in [1.54, 1.807) is 12.4 Å². The van der Waals surface area contributed by atoms with Crippen molar-refractivity contribution < 1.29 is 0 Å². The molecule has 0 saturated heterocycles. The summed E-state index contributed by atoms with van der Waals surface area (Å²) in [5.41, 5.74) is 7.20. The third-order valence-electron chi connectivity index (χ3n) is 2.73. The Morgan fingerprint density at radius 3 is 2.95 bits per heavy atom. The first kappa shape index (κ1) is 13.8. The summed E-state index contributed by atoms with van der Waals surface area (Å²) in [5.74, 6) is 0.909. The highest BCUT2D eigenvalue weighted by molar-refractivity contribution is 7.80. The first-order valence-corrected chi connectivity index (χ1v) is 6.53. The maximum absolute atomic E-state index is 6.09. The molecule has 0 spiro atoms. The van der Waals surface area contributed by atoms with Gasteiger partial charge in [0.2, 0.25) is 0 Å². The summed E-state index contributed by atoms with van der Waals surface area (Å²) in [4.78, 5) is 0.284. The van der Waals surface area contributed by atoms with E-state index >= 15 is 0 Å². The number of halogens is 1. The first-order valence-electron chi connectivity index (χ1n) is 5.74. The van der Waals surface area contributed by atoms with Gasteiger partial charge in [0.25, 0.3) is 0 Å². The van der Waals surface area contributed by atoms with Gasteiger partial charge in [-0.05, 0) is 12.1 Å². The van der Waals surface area contributed by atoms with E-state index in [-0.39, 0.29) is 4.99 Å². The molecular weight excluding hydrogens is 282 g/mol. The summed E-state index contributed by atoms with van der Waals surface area (Å²) in [6.45, 7) is 0.697. The fourth-order valence-corrected chi connectivity index (χ4v) is 2.32. The molecule has 1 aromatic heterocycles. The minimum atomic E-state index is 0.284. The molecule has 100 valence electrons.